The molecule has 0 aromatic carbocycles. The van der Waals surface area contributed by atoms with Gasteiger partial charge in [-0.25, -0.2) is 4.79 Å². The Morgan fingerprint density at radius 1 is 1.35 bits per heavy atom. The molecule has 0 spiro atoms. The van der Waals surface area contributed by atoms with Crippen LogP contribution in [0.15, 0.2) is 33.7 Å². The fourth-order valence-corrected chi connectivity index (χ4v) is 3.85. The number of methoxy groups -OCH3 is 1. The van der Waals surface area contributed by atoms with E-state index in [9.17, 15) is 19.0 Å². The number of H-pyrrole nitrogens is 1. The van der Waals surface area contributed by atoms with Gasteiger partial charge in [-0.2, -0.15) is 0 Å². The van der Waals surface area contributed by atoms with Crippen LogP contribution in [0.1, 0.15) is 6.23 Å². The average Bonchev–Trinajstić information content (AvgIpc) is 2.80. The molecule has 1 saturated heterocycles. The van der Waals surface area contributed by atoms with E-state index in [0.717, 1.165) is 16.7 Å². The summed E-state index contributed by atoms with van der Waals surface area (Å²) >= 11 is 4.87. The second kappa shape index (κ2) is 7.97. The number of aromatic nitrogens is 2. The second-order valence-electron chi connectivity index (χ2n) is 5.51. The van der Waals surface area contributed by atoms with Crippen molar-refractivity contribution in [3.8, 4) is 0 Å². The second-order valence-corrected chi connectivity index (χ2v) is 10.8. The number of rotatable bonds is 6. The molecule has 2 heterocycles. The van der Waals surface area contributed by atoms with Crippen LogP contribution in [0.4, 0.5) is 0 Å². The zero-order chi connectivity index (χ0) is 19.7. The lowest BCUT2D eigenvalue weighted by atomic mass is 10.1. The van der Waals surface area contributed by atoms with E-state index in [0.29, 0.717) is 5.82 Å². The zero-order valence-corrected chi connectivity index (χ0v) is 16.3. The molecule has 0 saturated carbocycles. The van der Waals surface area contributed by atoms with Crippen LogP contribution in [-0.2, 0) is 30.4 Å². The van der Waals surface area contributed by atoms with Gasteiger partial charge in [-0.3, -0.25) is 18.9 Å². The van der Waals surface area contributed by atoms with Gasteiger partial charge in [0.2, 0.25) is 0 Å². The molecule has 0 aliphatic carbocycles. The van der Waals surface area contributed by atoms with Gasteiger partial charge in [0.05, 0.1) is 0 Å². The Morgan fingerprint density at radius 3 is 2.50 bits per heavy atom. The van der Waals surface area contributed by atoms with Gasteiger partial charge in [-0.05, 0) is 17.9 Å². The molecule has 1 aromatic rings. The fourth-order valence-electron chi connectivity index (χ4n) is 2.46. The van der Waals surface area contributed by atoms with Crippen molar-refractivity contribution in [2.45, 2.75) is 24.5 Å². The molecule has 5 atom stereocenters. The van der Waals surface area contributed by atoms with Crippen LogP contribution in [-0.4, -0.2) is 56.3 Å². The number of nitrogens with one attached hydrogen (secondary N) is 1. The van der Waals surface area contributed by atoms with Gasteiger partial charge in [0, 0.05) is 31.9 Å². The van der Waals surface area contributed by atoms with Crippen LogP contribution < -0.4 is 11.2 Å². The summed E-state index contributed by atoms with van der Waals surface area (Å²) in [5.74, 6) is 0.620. The smallest absolute Gasteiger partial charge is 0.348 e. The highest BCUT2D eigenvalue weighted by Crippen LogP contribution is 2.46. The minimum absolute atomic E-state index is 0.608. The van der Waals surface area contributed by atoms with E-state index >= 15 is 0 Å². The number of ether oxygens (including phenoxy) is 2. The van der Waals surface area contributed by atoms with Crippen molar-refractivity contribution >= 4 is 25.9 Å². The lowest BCUT2D eigenvalue weighted by Crippen LogP contribution is -2.39. The summed E-state index contributed by atoms with van der Waals surface area (Å²) in [6, 6.07) is 1.10. The number of nitrogens with zero attached hydrogens (tertiary/aromatic N) is 1. The van der Waals surface area contributed by atoms with Crippen LogP contribution >= 0.6 is 14.1 Å². The van der Waals surface area contributed by atoms with E-state index in [2.05, 4.69) is 4.98 Å². The van der Waals surface area contributed by atoms with Crippen molar-refractivity contribution in [2.24, 2.45) is 0 Å². The lowest BCUT2D eigenvalue weighted by molar-refractivity contribution is -0.0475. The van der Waals surface area contributed by atoms with Crippen molar-refractivity contribution in [3.05, 3.63) is 45.0 Å². The summed E-state index contributed by atoms with van der Waals surface area (Å²) in [6.45, 7) is -1.91. The van der Waals surface area contributed by atoms with Crippen LogP contribution in [0.25, 0.3) is 0 Å². The molecular weight excluding hydrogens is 410 g/mol. The molecule has 1 aliphatic rings. The van der Waals surface area contributed by atoms with Crippen molar-refractivity contribution in [1.29, 1.82) is 0 Å². The third-order valence-corrected chi connectivity index (χ3v) is 4.86. The first-order chi connectivity index (χ1) is 11.9. The molecule has 1 aliphatic heterocycles. The molecule has 26 heavy (non-hydrogen) atoms. The topological polar surface area (TPSA) is 160 Å². The standard InChI is InChI=1S/C12H18N2O9P2S/c1-21-10-9(23-24(2,17)26)7(4-6-25(18,19)20)22-11(10)14-5-3-8(15)13-12(14)16/h3-7,9-11H,1-2H3,(H,17,26)(H,13,15,16)(H2,18,19,20)/b6-4+/t7-,9-,10-,11-,24?/m1/s1. The minimum Gasteiger partial charge on any atom is -0.374 e. The van der Waals surface area contributed by atoms with E-state index in [-0.39, 0.29) is 0 Å². The summed E-state index contributed by atoms with van der Waals surface area (Å²) in [5, 5.41) is 0. The summed E-state index contributed by atoms with van der Waals surface area (Å²) in [4.78, 5) is 53.2. The summed E-state index contributed by atoms with van der Waals surface area (Å²) in [7, 11) is -3.18. The van der Waals surface area contributed by atoms with Crippen molar-refractivity contribution in [2.75, 3.05) is 13.8 Å². The molecule has 1 aromatic heterocycles. The first-order valence-electron chi connectivity index (χ1n) is 7.14. The number of aromatic amines is 1. The van der Waals surface area contributed by atoms with Gasteiger partial charge < -0.3 is 28.7 Å². The number of hydrogen-bond donors (Lipinski definition) is 4. The highest BCUT2D eigenvalue weighted by Gasteiger charge is 2.47. The van der Waals surface area contributed by atoms with E-state index in [1.54, 1.807) is 0 Å². The Balaban J connectivity index is 2.46. The maximum atomic E-state index is 12.0. The predicted octanol–water partition coefficient (Wildman–Crippen LogP) is -0.543. The maximum absolute atomic E-state index is 12.0. The van der Waals surface area contributed by atoms with Crippen LogP contribution in [0.3, 0.4) is 0 Å². The SMILES string of the molecule is CO[C@@H]1[C@H](OP(C)(O)=S)[C@@H](/C=C/P(=O)(O)O)O[C@H]1n1ccc(=O)[nH]c1=O. The minimum atomic E-state index is -4.48. The molecule has 0 bridgehead atoms. The highest BCUT2D eigenvalue weighted by molar-refractivity contribution is 8.09. The largest absolute Gasteiger partial charge is 0.374 e. The molecular formula is C12H18N2O9P2S. The first-order valence-corrected chi connectivity index (χ1v) is 11.9. The summed E-state index contributed by atoms with van der Waals surface area (Å²) in [5.41, 5.74) is -1.38. The third kappa shape index (κ3) is 5.53. The van der Waals surface area contributed by atoms with Gasteiger partial charge in [-0.1, -0.05) is 0 Å². The predicted molar refractivity (Wildman–Crippen MR) is 94.5 cm³/mol. The molecule has 4 N–H and O–H groups in total. The van der Waals surface area contributed by atoms with Crippen molar-refractivity contribution in [3.63, 3.8) is 0 Å². The normalized spacial score (nSPS) is 29.1. The molecule has 14 heteroatoms. The molecule has 0 amide bonds. The van der Waals surface area contributed by atoms with E-state index < -0.39 is 49.9 Å². The lowest BCUT2D eigenvalue weighted by Gasteiger charge is -2.25. The highest BCUT2D eigenvalue weighted by atomic mass is 32.5. The Hall–Kier alpha value is -0.940. The third-order valence-electron chi connectivity index (χ3n) is 3.41. The molecule has 146 valence electrons. The fraction of sp³-hybridized carbons (Fsp3) is 0.500. The summed E-state index contributed by atoms with van der Waals surface area (Å²) in [6.07, 6.45) is -1.94. The van der Waals surface area contributed by atoms with Gasteiger partial charge in [0.1, 0.15) is 18.3 Å². The van der Waals surface area contributed by atoms with Crippen LogP contribution in [0, 0.1) is 0 Å². The zero-order valence-electron chi connectivity index (χ0n) is 13.7. The van der Waals surface area contributed by atoms with E-state index in [1.165, 1.54) is 20.0 Å². The van der Waals surface area contributed by atoms with Gasteiger partial charge in [0.25, 0.3) is 5.56 Å². The van der Waals surface area contributed by atoms with Gasteiger partial charge in [0.15, 0.2) is 12.7 Å². The van der Waals surface area contributed by atoms with Crippen LogP contribution in [0.2, 0.25) is 0 Å². The van der Waals surface area contributed by atoms with Gasteiger partial charge in [-0.15, -0.1) is 0 Å². The van der Waals surface area contributed by atoms with Crippen molar-refractivity contribution < 1.29 is 33.2 Å². The Bertz CT molecular complexity index is 885. The first kappa shape index (κ1) is 21.4. The molecule has 0 radical (unpaired) electrons. The average molecular weight is 428 g/mol. The van der Waals surface area contributed by atoms with Crippen LogP contribution in [0.5, 0.6) is 0 Å². The quantitative estimate of drug-likeness (QED) is 0.433. The molecule has 1 unspecified atom stereocenters. The Labute approximate surface area is 152 Å². The Kier molecular flexibility index (Phi) is 6.55. The van der Waals surface area contributed by atoms with E-state index in [1.807, 2.05) is 0 Å². The van der Waals surface area contributed by atoms with Crippen molar-refractivity contribution in [1.82, 2.24) is 9.55 Å². The maximum Gasteiger partial charge on any atom is 0.348 e. The van der Waals surface area contributed by atoms with E-state index in [4.69, 9.17) is 35.6 Å². The monoisotopic (exact) mass is 428 g/mol. The summed E-state index contributed by atoms with van der Waals surface area (Å²) < 4.78 is 28.5. The Morgan fingerprint density at radius 2 is 2.00 bits per heavy atom. The molecule has 1 fully saturated rings. The van der Waals surface area contributed by atoms with Gasteiger partial charge >= 0.3 is 13.3 Å². The number of hydrogen-bond acceptors (Lipinski definition) is 7. The molecule has 2 rings (SSSR count). The molecule has 11 nitrogen and oxygen atoms in total.